The lowest BCUT2D eigenvalue weighted by molar-refractivity contribution is -0.118. The SMILES string of the molecule is NC(=O)CCCCNc1cccnc1N. The number of carbonyl (C=O) groups is 1. The molecule has 0 aliphatic heterocycles. The molecular weight excluding hydrogens is 192 g/mol. The predicted molar refractivity (Wildman–Crippen MR) is 60.2 cm³/mol. The van der Waals surface area contributed by atoms with Crippen molar-refractivity contribution in [1.29, 1.82) is 0 Å². The number of hydrogen-bond donors (Lipinski definition) is 3. The Kier molecular flexibility index (Phi) is 4.40. The summed E-state index contributed by atoms with van der Waals surface area (Å²) in [6, 6.07) is 3.69. The van der Waals surface area contributed by atoms with E-state index in [2.05, 4.69) is 10.3 Å². The first-order valence-electron chi connectivity index (χ1n) is 4.93. The van der Waals surface area contributed by atoms with Crippen LogP contribution in [0, 0.1) is 0 Å². The molecule has 0 radical (unpaired) electrons. The van der Waals surface area contributed by atoms with Crippen LogP contribution >= 0.6 is 0 Å². The van der Waals surface area contributed by atoms with E-state index in [1.807, 2.05) is 12.1 Å². The monoisotopic (exact) mass is 208 g/mol. The smallest absolute Gasteiger partial charge is 0.217 e. The van der Waals surface area contributed by atoms with Crippen LogP contribution in [-0.2, 0) is 4.79 Å². The van der Waals surface area contributed by atoms with Crippen molar-refractivity contribution in [3.63, 3.8) is 0 Å². The molecule has 1 aromatic heterocycles. The third kappa shape index (κ3) is 4.30. The Morgan fingerprint density at radius 2 is 2.27 bits per heavy atom. The highest BCUT2D eigenvalue weighted by atomic mass is 16.1. The lowest BCUT2D eigenvalue weighted by Gasteiger charge is -2.07. The first kappa shape index (κ1) is 11.3. The van der Waals surface area contributed by atoms with Gasteiger partial charge < -0.3 is 16.8 Å². The van der Waals surface area contributed by atoms with Crippen LogP contribution in [0.15, 0.2) is 18.3 Å². The summed E-state index contributed by atoms with van der Waals surface area (Å²) in [6.07, 6.45) is 3.76. The molecule has 0 fully saturated rings. The maximum Gasteiger partial charge on any atom is 0.217 e. The van der Waals surface area contributed by atoms with Crippen LogP contribution in [0.5, 0.6) is 0 Å². The van der Waals surface area contributed by atoms with Crippen LogP contribution in [0.3, 0.4) is 0 Å². The molecule has 0 bridgehead atoms. The van der Waals surface area contributed by atoms with Gasteiger partial charge >= 0.3 is 0 Å². The number of nitrogens with zero attached hydrogens (tertiary/aromatic N) is 1. The minimum absolute atomic E-state index is 0.254. The van der Waals surface area contributed by atoms with Gasteiger partial charge in [-0.05, 0) is 25.0 Å². The predicted octanol–water partition coefficient (Wildman–Crippen LogP) is 0.731. The summed E-state index contributed by atoms with van der Waals surface area (Å²) in [5.74, 6) is 0.239. The van der Waals surface area contributed by atoms with Crippen molar-refractivity contribution in [2.45, 2.75) is 19.3 Å². The van der Waals surface area contributed by atoms with E-state index in [9.17, 15) is 4.79 Å². The van der Waals surface area contributed by atoms with Crippen LogP contribution in [0.1, 0.15) is 19.3 Å². The zero-order valence-electron chi connectivity index (χ0n) is 8.57. The molecule has 5 heteroatoms. The summed E-state index contributed by atoms with van der Waals surface area (Å²) >= 11 is 0. The first-order chi connectivity index (χ1) is 7.20. The number of rotatable bonds is 6. The van der Waals surface area contributed by atoms with Gasteiger partial charge in [0.1, 0.15) is 5.82 Å². The number of nitrogen functional groups attached to an aromatic ring is 1. The fraction of sp³-hybridized carbons (Fsp3) is 0.400. The molecule has 15 heavy (non-hydrogen) atoms. The molecule has 0 aliphatic rings. The van der Waals surface area contributed by atoms with E-state index in [1.54, 1.807) is 6.20 Å². The molecule has 1 amide bonds. The highest BCUT2D eigenvalue weighted by molar-refractivity contribution is 5.73. The topological polar surface area (TPSA) is 94.0 Å². The molecule has 0 aromatic carbocycles. The normalized spacial score (nSPS) is 9.87. The van der Waals surface area contributed by atoms with Gasteiger partial charge in [-0.25, -0.2) is 4.98 Å². The molecule has 0 atom stereocenters. The van der Waals surface area contributed by atoms with Crippen molar-refractivity contribution in [1.82, 2.24) is 4.98 Å². The van der Waals surface area contributed by atoms with Gasteiger partial charge in [-0.15, -0.1) is 0 Å². The average molecular weight is 208 g/mol. The molecule has 0 aliphatic carbocycles. The maximum atomic E-state index is 10.5. The van der Waals surface area contributed by atoms with Crippen molar-refractivity contribution in [2.75, 3.05) is 17.6 Å². The van der Waals surface area contributed by atoms with Crippen molar-refractivity contribution in [2.24, 2.45) is 5.73 Å². The molecule has 0 unspecified atom stereocenters. The Labute approximate surface area is 88.9 Å². The molecule has 0 saturated heterocycles. The molecule has 0 saturated carbocycles. The van der Waals surface area contributed by atoms with Crippen molar-refractivity contribution in [3.8, 4) is 0 Å². The van der Waals surface area contributed by atoms with Crippen LogP contribution in [0.25, 0.3) is 0 Å². The number of aromatic nitrogens is 1. The number of unbranched alkanes of at least 4 members (excludes halogenated alkanes) is 1. The van der Waals surface area contributed by atoms with Crippen LogP contribution in [-0.4, -0.2) is 17.4 Å². The average Bonchev–Trinajstić information content (AvgIpc) is 2.20. The first-order valence-corrected chi connectivity index (χ1v) is 4.93. The molecule has 1 heterocycles. The van der Waals surface area contributed by atoms with Crippen LogP contribution < -0.4 is 16.8 Å². The highest BCUT2D eigenvalue weighted by Crippen LogP contribution is 2.13. The number of anilines is 2. The molecular formula is C10H16N4O. The van der Waals surface area contributed by atoms with E-state index in [1.165, 1.54) is 0 Å². The quantitative estimate of drug-likeness (QED) is 0.601. The number of carbonyl (C=O) groups excluding carboxylic acids is 1. The van der Waals surface area contributed by atoms with Crippen molar-refractivity contribution < 1.29 is 4.79 Å². The van der Waals surface area contributed by atoms with Gasteiger partial charge in [0.2, 0.25) is 5.91 Å². The van der Waals surface area contributed by atoms with Crippen molar-refractivity contribution in [3.05, 3.63) is 18.3 Å². The second kappa shape index (κ2) is 5.85. The number of nitrogens with one attached hydrogen (secondary N) is 1. The Morgan fingerprint density at radius 3 is 2.93 bits per heavy atom. The van der Waals surface area contributed by atoms with E-state index in [0.29, 0.717) is 12.2 Å². The maximum absolute atomic E-state index is 10.5. The summed E-state index contributed by atoms with van der Waals surface area (Å²) in [7, 11) is 0. The minimum Gasteiger partial charge on any atom is -0.382 e. The fourth-order valence-corrected chi connectivity index (χ4v) is 1.21. The second-order valence-electron chi connectivity index (χ2n) is 3.29. The number of pyridine rings is 1. The number of hydrogen-bond acceptors (Lipinski definition) is 4. The third-order valence-corrected chi connectivity index (χ3v) is 2.00. The lowest BCUT2D eigenvalue weighted by atomic mass is 10.2. The van der Waals surface area contributed by atoms with Gasteiger partial charge in [-0.3, -0.25) is 4.79 Å². The van der Waals surface area contributed by atoms with Gasteiger partial charge in [-0.2, -0.15) is 0 Å². The van der Waals surface area contributed by atoms with Gasteiger partial charge in [0, 0.05) is 19.2 Å². The van der Waals surface area contributed by atoms with E-state index in [0.717, 1.165) is 25.1 Å². The molecule has 82 valence electrons. The zero-order valence-corrected chi connectivity index (χ0v) is 8.57. The zero-order chi connectivity index (χ0) is 11.1. The number of nitrogens with two attached hydrogens (primary N) is 2. The van der Waals surface area contributed by atoms with Crippen LogP contribution in [0.2, 0.25) is 0 Å². The van der Waals surface area contributed by atoms with Gasteiger partial charge in [0.25, 0.3) is 0 Å². The van der Waals surface area contributed by atoms with Gasteiger partial charge in [0.05, 0.1) is 5.69 Å². The van der Waals surface area contributed by atoms with E-state index in [4.69, 9.17) is 11.5 Å². The summed E-state index contributed by atoms with van der Waals surface area (Å²) in [5.41, 5.74) is 11.5. The lowest BCUT2D eigenvalue weighted by Crippen LogP contribution is -2.11. The molecule has 1 rings (SSSR count). The highest BCUT2D eigenvalue weighted by Gasteiger charge is 1.98. The van der Waals surface area contributed by atoms with Gasteiger partial charge in [-0.1, -0.05) is 0 Å². The molecule has 0 spiro atoms. The molecule has 5 nitrogen and oxygen atoms in total. The van der Waals surface area contributed by atoms with E-state index < -0.39 is 0 Å². The fourth-order valence-electron chi connectivity index (χ4n) is 1.21. The third-order valence-electron chi connectivity index (χ3n) is 2.00. The van der Waals surface area contributed by atoms with Crippen molar-refractivity contribution >= 4 is 17.4 Å². The Balaban J connectivity index is 2.21. The van der Waals surface area contributed by atoms with Crippen LogP contribution in [0.4, 0.5) is 11.5 Å². The van der Waals surface area contributed by atoms with E-state index >= 15 is 0 Å². The Hall–Kier alpha value is -1.78. The summed E-state index contributed by atoms with van der Waals surface area (Å²) in [6.45, 7) is 0.767. The molecule has 5 N–H and O–H groups in total. The largest absolute Gasteiger partial charge is 0.382 e. The number of amides is 1. The summed E-state index contributed by atoms with van der Waals surface area (Å²) in [5, 5.41) is 3.15. The Bertz CT molecular complexity index is 327. The Morgan fingerprint density at radius 1 is 1.47 bits per heavy atom. The minimum atomic E-state index is -0.254. The number of primary amides is 1. The second-order valence-corrected chi connectivity index (χ2v) is 3.29. The van der Waals surface area contributed by atoms with Gasteiger partial charge in [0.15, 0.2) is 0 Å². The molecule has 1 aromatic rings. The standard InChI is InChI=1S/C10H16N4O/c11-9(15)5-1-2-6-13-8-4-3-7-14-10(8)12/h3-4,7,13H,1-2,5-6H2,(H2,11,15)(H2,12,14). The summed E-state index contributed by atoms with van der Waals surface area (Å²) < 4.78 is 0. The summed E-state index contributed by atoms with van der Waals surface area (Å²) in [4.78, 5) is 14.4. The van der Waals surface area contributed by atoms with E-state index in [-0.39, 0.29) is 5.91 Å².